The van der Waals surface area contributed by atoms with Crippen LogP contribution in [-0.2, 0) is 0 Å². The van der Waals surface area contributed by atoms with Crippen LogP contribution >= 0.6 is 0 Å². The van der Waals surface area contributed by atoms with Crippen LogP contribution in [0, 0.1) is 11.8 Å². The molecule has 0 bridgehead atoms. The molecule has 0 heterocycles. The highest BCUT2D eigenvalue weighted by molar-refractivity contribution is 5.36. The second-order valence-electron chi connectivity index (χ2n) is 6.99. The molecule has 0 radical (unpaired) electrons. The summed E-state index contributed by atoms with van der Waals surface area (Å²) in [5.74, 6) is 2.95. The van der Waals surface area contributed by atoms with Gasteiger partial charge in [0.15, 0.2) is 0 Å². The lowest BCUT2D eigenvalue weighted by Crippen LogP contribution is -2.51. The molecular formula is C19H31NO. The van der Waals surface area contributed by atoms with Gasteiger partial charge >= 0.3 is 0 Å². The van der Waals surface area contributed by atoms with Crippen LogP contribution < -0.4 is 10.1 Å². The minimum Gasteiger partial charge on any atom is -0.488 e. The SMILES string of the molecule is CCNC1CC(C)CC(C)C1Oc1ccccc1C(C)C. The van der Waals surface area contributed by atoms with Gasteiger partial charge in [0.05, 0.1) is 0 Å². The smallest absolute Gasteiger partial charge is 0.123 e. The highest BCUT2D eigenvalue weighted by Crippen LogP contribution is 2.34. The van der Waals surface area contributed by atoms with E-state index in [1.165, 1.54) is 18.4 Å². The minimum absolute atomic E-state index is 0.279. The highest BCUT2D eigenvalue weighted by Gasteiger charge is 2.35. The molecule has 1 N–H and O–H groups in total. The van der Waals surface area contributed by atoms with E-state index in [-0.39, 0.29) is 6.10 Å². The van der Waals surface area contributed by atoms with Gasteiger partial charge in [0, 0.05) is 6.04 Å². The molecule has 21 heavy (non-hydrogen) atoms. The summed E-state index contributed by atoms with van der Waals surface area (Å²) in [7, 11) is 0. The van der Waals surface area contributed by atoms with Crippen molar-refractivity contribution in [2.45, 2.75) is 65.5 Å². The van der Waals surface area contributed by atoms with Gasteiger partial charge in [0.2, 0.25) is 0 Å². The number of hydrogen-bond acceptors (Lipinski definition) is 2. The van der Waals surface area contributed by atoms with Crippen LogP contribution in [0.5, 0.6) is 5.75 Å². The number of benzene rings is 1. The summed E-state index contributed by atoms with van der Waals surface area (Å²) in [4.78, 5) is 0. The van der Waals surface area contributed by atoms with Crippen molar-refractivity contribution in [1.82, 2.24) is 5.32 Å². The van der Waals surface area contributed by atoms with Crippen molar-refractivity contribution in [2.75, 3.05) is 6.54 Å². The Morgan fingerprint density at radius 3 is 2.57 bits per heavy atom. The van der Waals surface area contributed by atoms with Gasteiger partial charge in [0.25, 0.3) is 0 Å². The standard InChI is InChI=1S/C19H31NO/c1-6-20-17-12-14(4)11-15(5)19(17)21-18-10-8-7-9-16(18)13(2)3/h7-10,13-15,17,19-20H,6,11-12H2,1-5H3. The van der Waals surface area contributed by atoms with Crippen molar-refractivity contribution >= 4 is 0 Å². The fourth-order valence-corrected chi connectivity index (χ4v) is 3.70. The fourth-order valence-electron chi connectivity index (χ4n) is 3.70. The van der Waals surface area contributed by atoms with Crippen LogP contribution in [0.2, 0.25) is 0 Å². The van der Waals surface area contributed by atoms with Crippen LogP contribution in [0.4, 0.5) is 0 Å². The van der Waals surface area contributed by atoms with E-state index in [0.29, 0.717) is 17.9 Å². The lowest BCUT2D eigenvalue weighted by molar-refractivity contribution is 0.0474. The highest BCUT2D eigenvalue weighted by atomic mass is 16.5. The van der Waals surface area contributed by atoms with Crippen LogP contribution in [0.25, 0.3) is 0 Å². The maximum atomic E-state index is 6.51. The Kier molecular flexibility index (Phi) is 5.69. The Bertz CT molecular complexity index is 443. The molecule has 1 aliphatic carbocycles. The third kappa shape index (κ3) is 4.00. The van der Waals surface area contributed by atoms with E-state index in [4.69, 9.17) is 4.74 Å². The first-order valence-corrected chi connectivity index (χ1v) is 8.51. The lowest BCUT2D eigenvalue weighted by atomic mass is 9.78. The average Bonchev–Trinajstić information content (AvgIpc) is 2.43. The number of rotatable bonds is 5. The number of hydrogen-bond donors (Lipinski definition) is 1. The molecule has 2 heteroatoms. The molecule has 118 valence electrons. The van der Waals surface area contributed by atoms with E-state index in [9.17, 15) is 0 Å². The summed E-state index contributed by atoms with van der Waals surface area (Å²) >= 11 is 0. The zero-order chi connectivity index (χ0) is 15.4. The molecule has 4 atom stereocenters. The zero-order valence-electron chi connectivity index (χ0n) is 14.2. The summed E-state index contributed by atoms with van der Waals surface area (Å²) in [5.41, 5.74) is 1.32. The van der Waals surface area contributed by atoms with Crippen LogP contribution in [0.1, 0.15) is 58.9 Å². The first-order valence-electron chi connectivity index (χ1n) is 8.51. The summed E-state index contributed by atoms with van der Waals surface area (Å²) in [5, 5.41) is 3.64. The van der Waals surface area contributed by atoms with E-state index < -0.39 is 0 Å². The molecule has 1 aromatic rings. The normalized spacial score (nSPS) is 29.6. The average molecular weight is 289 g/mol. The summed E-state index contributed by atoms with van der Waals surface area (Å²) in [6.07, 6.45) is 2.75. The first kappa shape index (κ1) is 16.4. The van der Waals surface area contributed by atoms with E-state index in [1.807, 2.05) is 0 Å². The minimum atomic E-state index is 0.279. The molecular weight excluding hydrogens is 258 g/mol. The Hall–Kier alpha value is -1.02. The van der Waals surface area contributed by atoms with Gasteiger partial charge in [-0.1, -0.05) is 52.8 Å². The van der Waals surface area contributed by atoms with Crippen LogP contribution in [-0.4, -0.2) is 18.7 Å². The van der Waals surface area contributed by atoms with Gasteiger partial charge in [-0.05, 0) is 48.8 Å². The fraction of sp³-hybridized carbons (Fsp3) is 0.684. The number of para-hydroxylation sites is 1. The number of nitrogens with one attached hydrogen (secondary N) is 1. The Morgan fingerprint density at radius 2 is 1.90 bits per heavy atom. The van der Waals surface area contributed by atoms with E-state index in [2.05, 4.69) is 64.2 Å². The van der Waals surface area contributed by atoms with Crippen LogP contribution in [0.15, 0.2) is 24.3 Å². The predicted molar refractivity (Wildman–Crippen MR) is 90.0 cm³/mol. The third-order valence-electron chi connectivity index (χ3n) is 4.66. The molecule has 2 nitrogen and oxygen atoms in total. The second kappa shape index (κ2) is 7.31. The third-order valence-corrected chi connectivity index (χ3v) is 4.66. The van der Waals surface area contributed by atoms with Gasteiger partial charge < -0.3 is 10.1 Å². The van der Waals surface area contributed by atoms with Gasteiger partial charge in [-0.15, -0.1) is 0 Å². The molecule has 1 aromatic carbocycles. The second-order valence-corrected chi connectivity index (χ2v) is 6.99. The topological polar surface area (TPSA) is 21.3 Å². The van der Waals surface area contributed by atoms with Gasteiger partial charge in [-0.2, -0.15) is 0 Å². The first-order chi connectivity index (χ1) is 10.0. The molecule has 1 aliphatic rings. The molecule has 0 saturated heterocycles. The lowest BCUT2D eigenvalue weighted by Gasteiger charge is -2.40. The zero-order valence-corrected chi connectivity index (χ0v) is 14.2. The summed E-state index contributed by atoms with van der Waals surface area (Å²) in [6.45, 7) is 12.4. The van der Waals surface area contributed by atoms with Crippen molar-refractivity contribution in [3.63, 3.8) is 0 Å². The van der Waals surface area contributed by atoms with Gasteiger partial charge in [0.1, 0.15) is 11.9 Å². The molecule has 0 amide bonds. The van der Waals surface area contributed by atoms with Crippen molar-refractivity contribution in [3.05, 3.63) is 29.8 Å². The van der Waals surface area contributed by atoms with Gasteiger partial charge in [-0.3, -0.25) is 0 Å². The van der Waals surface area contributed by atoms with Crippen molar-refractivity contribution < 1.29 is 4.74 Å². The molecule has 4 unspecified atom stereocenters. The van der Waals surface area contributed by atoms with E-state index in [0.717, 1.165) is 18.2 Å². The van der Waals surface area contributed by atoms with E-state index in [1.54, 1.807) is 0 Å². The maximum absolute atomic E-state index is 6.51. The molecule has 0 aromatic heterocycles. The van der Waals surface area contributed by atoms with Crippen LogP contribution in [0.3, 0.4) is 0 Å². The number of likely N-dealkylation sites (N-methyl/N-ethyl adjacent to an activating group) is 1. The molecule has 1 fully saturated rings. The maximum Gasteiger partial charge on any atom is 0.123 e. The monoisotopic (exact) mass is 289 g/mol. The largest absolute Gasteiger partial charge is 0.488 e. The van der Waals surface area contributed by atoms with E-state index >= 15 is 0 Å². The summed E-state index contributed by atoms with van der Waals surface area (Å²) < 4.78 is 6.51. The molecule has 0 aliphatic heterocycles. The molecule has 1 saturated carbocycles. The van der Waals surface area contributed by atoms with Crippen molar-refractivity contribution in [1.29, 1.82) is 0 Å². The van der Waals surface area contributed by atoms with Crippen molar-refractivity contribution in [3.8, 4) is 5.75 Å². The Labute approximate surface area is 130 Å². The molecule has 2 rings (SSSR count). The van der Waals surface area contributed by atoms with Gasteiger partial charge in [-0.25, -0.2) is 0 Å². The summed E-state index contributed by atoms with van der Waals surface area (Å²) in [6, 6.07) is 8.98. The molecule has 0 spiro atoms. The Morgan fingerprint density at radius 1 is 1.19 bits per heavy atom. The quantitative estimate of drug-likeness (QED) is 0.855. The van der Waals surface area contributed by atoms with Crippen molar-refractivity contribution in [2.24, 2.45) is 11.8 Å². The predicted octanol–water partition coefficient (Wildman–Crippen LogP) is 4.60. The number of ether oxygens (including phenoxy) is 1. The Balaban J connectivity index is 2.19.